The summed E-state index contributed by atoms with van der Waals surface area (Å²) in [7, 11) is 0. The third-order valence-corrected chi connectivity index (χ3v) is 4.47. The van der Waals surface area contributed by atoms with Gasteiger partial charge in [0, 0.05) is 18.7 Å². The molecule has 4 nitrogen and oxygen atoms in total. The zero-order valence-corrected chi connectivity index (χ0v) is 14.5. The number of ether oxygens (including phenoxy) is 1. The summed E-state index contributed by atoms with van der Waals surface area (Å²) in [4.78, 5) is 14.5. The number of carbonyl (C=O) groups is 1. The van der Waals surface area contributed by atoms with Crippen LogP contribution in [0.2, 0.25) is 0 Å². The summed E-state index contributed by atoms with van der Waals surface area (Å²) in [6, 6.07) is 13.9. The summed E-state index contributed by atoms with van der Waals surface area (Å²) in [5, 5.41) is 0. The maximum Gasteiger partial charge on any atom is 0.268 e. The van der Waals surface area contributed by atoms with E-state index in [4.69, 9.17) is 10.5 Å². The van der Waals surface area contributed by atoms with Gasteiger partial charge in [0.15, 0.2) is 6.10 Å². The van der Waals surface area contributed by atoms with Gasteiger partial charge in [-0.3, -0.25) is 4.79 Å². The minimum atomic E-state index is -0.494. The van der Waals surface area contributed by atoms with Gasteiger partial charge in [-0.1, -0.05) is 38.1 Å². The van der Waals surface area contributed by atoms with Gasteiger partial charge in [0.1, 0.15) is 5.75 Å². The molecular formula is C20H24N2O2. The van der Waals surface area contributed by atoms with Crippen molar-refractivity contribution in [1.82, 2.24) is 0 Å². The molecule has 1 heterocycles. The number of anilines is 2. The number of likely N-dealkylation sites (N-methyl/N-ethyl adjacent to an activating group) is 1. The molecule has 0 fully saturated rings. The van der Waals surface area contributed by atoms with Crippen LogP contribution < -0.4 is 15.4 Å². The molecule has 1 unspecified atom stereocenters. The van der Waals surface area contributed by atoms with Crippen molar-refractivity contribution in [3.8, 4) is 5.75 Å². The lowest BCUT2D eigenvalue weighted by Crippen LogP contribution is -2.46. The average molecular weight is 324 g/mol. The van der Waals surface area contributed by atoms with Crippen LogP contribution in [-0.4, -0.2) is 18.6 Å². The molecular weight excluding hydrogens is 300 g/mol. The Bertz CT molecular complexity index is 738. The number of benzene rings is 2. The van der Waals surface area contributed by atoms with Gasteiger partial charge >= 0.3 is 0 Å². The van der Waals surface area contributed by atoms with Crippen LogP contribution in [0.15, 0.2) is 42.5 Å². The van der Waals surface area contributed by atoms with E-state index in [9.17, 15) is 4.79 Å². The quantitative estimate of drug-likeness (QED) is 0.872. The molecule has 0 bridgehead atoms. The number of nitrogens with two attached hydrogens (primary N) is 1. The Labute approximate surface area is 143 Å². The van der Waals surface area contributed by atoms with Gasteiger partial charge < -0.3 is 15.4 Å². The molecule has 4 heteroatoms. The van der Waals surface area contributed by atoms with E-state index in [0.717, 1.165) is 17.0 Å². The van der Waals surface area contributed by atoms with Gasteiger partial charge in [-0.05, 0) is 42.2 Å². The molecule has 1 atom stereocenters. The van der Waals surface area contributed by atoms with E-state index in [1.165, 1.54) is 5.56 Å². The lowest BCUT2D eigenvalue weighted by Gasteiger charge is -2.34. The van der Waals surface area contributed by atoms with Gasteiger partial charge in [0.2, 0.25) is 0 Å². The Kier molecular flexibility index (Phi) is 4.47. The van der Waals surface area contributed by atoms with Gasteiger partial charge in [-0.25, -0.2) is 0 Å². The lowest BCUT2D eigenvalue weighted by molar-refractivity contribution is -0.126. The molecule has 0 saturated carbocycles. The molecule has 3 rings (SSSR count). The van der Waals surface area contributed by atoms with E-state index in [2.05, 4.69) is 38.1 Å². The number of amides is 1. The average Bonchev–Trinajstić information content (AvgIpc) is 2.56. The van der Waals surface area contributed by atoms with Gasteiger partial charge in [0.05, 0.1) is 5.69 Å². The standard InChI is InChI=1S/C20H24N2O2/c1-4-22-17-12-16(21)9-10-18(17)24-19(20(22)23)11-14-5-7-15(8-6-14)13(2)3/h5-10,12-13,19H,4,11,21H2,1-3H3. The van der Waals surface area contributed by atoms with E-state index < -0.39 is 6.10 Å². The fraction of sp³-hybridized carbons (Fsp3) is 0.350. The number of nitrogens with zero attached hydrogens (tertiary/aromatic N) is 1. The zero-order valence-electron chi connectivity index (χ0n) is 14.5. The molecule has 1 aliphatic rings. The number of nitrogen functional groups attached to an aromatic ring is 1. The van der Waals surface area contributed by atoms with Crippen molar-refractivity contribution >= 4 is 17.3 Å². The number of hydrogen-bond acceptors (Lipinski definition) is 3. The fourth-order valence-corrected chi connectivity index (χ4v) is 3.05. The Hall–Kier alpha value is -2.49. The molecule has 126 valence electrons. The summed E-state index contributed by atoms with van der Waals surface area (Å²) < 4.78 is 5.97. The van der Waals surface area contributed by atoms with Crippen LogP contribution in [0.4, 0.5) is 11.4 Å². The SMILES string of the molecule is CCN1C(=O)C(Cc2ccc(C(C)C)cc2)Oc2ccc(N)cc21. The van der Waals surface area contributed by atoms with Gasteiger partial charge in [0.25, 0.3) is 5.91 Å². The fourth-order valence-electron chi connectivity index (χ4n) is 3.05. The van der Waals surface area contributed by atoms with E-state index in [1.54, 1.807) is 17.0 Å². The highest BCUT2D eigenvalue weighted by Gasteiger charge is 2.33. The molecule has 1 aliphatic heterocycles. The minimum Gasteiger partial charge on any atom is -0.478 e. The Morgan fingerprint density at radius 3 is 2.50 bits per heavy atom. The smallest absolute Gasteiger partial charge is 0.268 e. The molecule has 1 amide bonds. The second-order valence-corrected chi connectivity index (χ2v) is 6.52. The minimum absolute atomic E-state index is 0.0106. The first-order valence-corrected chi connectivity index (χ1v) is 8.46. The number of carbonyl (C=O) groups excluding carboxylic acids is 1. The summed E-state index contributed by atoms with van der Waals surface area (Å²) in [5.74, 6) is 1.21. The van der Waals surface area contributed by atoms with Crippen LogP contribution in [0.1, 0.15) is 37.8 Å². The molecule has 2 aromatic carbocycles. The van der Waals surface area contributed by atoms with Crippen LogP contribution in [0, 0.1) is 0 Å². The van der Waals surface area contributed by atoms with Crippen molar-refractivity contribution in [2.45, 2.75) is 39.2 Å². The van der Waals surface area contributed by atoms with Crippen molar-refractivity contribution in [3.05, 3.63) is 53.6 Å². The number of fused-ring (bicyclic) bond motifs is 1. The number of rotatable bonds is 4. The molecule has 0 aromatic heterocycles. The topological polar surface area (TPSA) is 55.6 Å². The van der Waals surface area contributed by atoms with Crippen molar-refractivity contribution in [1.29, 1.82) is 0 Å². The second-order valence-electron chi connectivity index (χ2n) is 6.52. The second kappa shape index (κ2) is 6.56. The largest absolute Gasteiger partial charge is 0.478 e. The van der Waals surface area contributed by atoms with Crippen molar-refractivity contribution in [2.75, 3.05) is 17.2 Å². The number of hydrogen-bond donors (Lipinski definition) is 1. The molecule has 0 spiro atoms. The highest BCUT2D eigenvalue weighted by Crippen LogP contribution is 2.36. The zero-order chi connectivity index (χ0) is 17.3. The predicted octanol–water partition coefficient (Wildman–Crippen LogP) is 3.75. The monoisotopic (exact) mass is 324 g/mol. The van der Waals surface area contributed by atoms with Gasteiger partial charge in [-0.15, -0.1) is 0 Å². The van der Waals surface area contributed by atoms with Crippen molar-refractivity contribution < 1.29 is 9.53 Å². The van der Waals surface area contributed by atoms with Crippen molar-refractivity contribution in [3.63, 3.8) is 0 Å². The van der Waals surface area contributed by atoms with Crippen LogP contribution in [0.5, 0.6) is 5.75 Å². The maximum atomic E-state index is 12.8. The third kappa shape index (κ3) is 3.09. The van der Waals surface area contributed by atoms with E-state index in [0.29, 0.717) is 24.6 Å². The predicted molar refractivity (Wildman–Crippen MR) is 97.5 cm³/mol. The first-order valence-electron chi connectivity index (χ1n) is 8.46. The van der Waals surface area contributed by atoms with E-state index >= 15 is 0 Å². The van der Waals surface area contributed by atoms with Gasteiger partial charge in [-0.2, -0.15) is 0 Å². The first-order chi connectivity index (χ1) is 11.5. The summed E-state index contributed by atoms with van der Waals surface area (Å²) in [5.41, 5.74) is 9.64. The van der Waals surface area contributed by atoms with Crippen LogP contribution >= 0.6 is 0 Å². The highest BCUT2D eigenvalue weighted by atomic mass is 16.5. The highest BCUT2D eigenvalue weighted by molar-refractivity contribution is 6.00. The third-order valence-electron chi connectivity index (χ3n) is 4.47. The molecule has 24 heavy (non-hydrogen) atoms. The van der Waals surface area contributed by atoms with Crippen LogP contribution in [0.25, 0.3) is 0 Å². The molecule has 0 radical (unpaired) electrons. The summed E-state index contributed by atoms with van der Waals surface area (Å²) in [6.45, 7) is 6.90. The normalized spacial score (nSPS) is 16.9. The summed E-state index contributed by atoms with van der Waals surface area (Å²) >= 11 is 0. The van der Waals surface area contributed by atoms with E-state index in [-0.39, 0.29) is 5.91 Å². The summed E-state index contributed by atoms with van der Waals surface area (Å²) in [6.07, 6.45) is 0.0725. The Morgan fingerprint density at radius 1 is 1.17 bits per heavy atom. The van der Waals surface area contributed by atoms with Crippen LogP contribution in [0.3, 0.4) is 0 Å². The molecule has 2 N–H and O–H groups in total. The maximum absolute atomic E-state index is 12.8. The van der Waals surface area contributed by atoms with E-state index in [1.807, 2.05) is 13.0 Å². The first kappa shape index (κ1) is 16.4. The van der Waals surface area contributed by atoms with Crippen LogP contribution in [-0.2, 0) is 11.2 Å². The molecule has 0 saturated heterocycles. The molecule has 0 aliphatic carbocycles. The van der Waals surface area contributed by atoms with Crippen molar-refractivity contribution in [2.24, 2.45) is 0 Å². The Morgan fingerprint density at radius 2 is 1.88 bits per heavy atom. The Balaban J connectivity index is 1.84. The molecule has 2 aromatic rings. The lowest BCUT2D eigenvalue weighted by atomic mass is 9.99.